The van der Waals surface area contributed by atoms with Crippen molar-refractivity contribution in [2.75, 3.05) is 5.32 Å². The lowest BCUT2D eigenvalue weighted by Crippen LogP contribution is -2.41. The molecule has 0 radical (unpaired) electrons. The first-order valence-electron chi connectivity index (χ1n) is 7.94. The van der Waals surface area contributed by atoms with E-state index in [4.69, 9.17) is 19.8 Å². The molecule has 1 heterocycles. The van der Waals surface area contributed by atoms with Crippen LogP contribution in [-0.4, -0.2) is 23.2 Å². The van der Waals surface area contributed by atoms with E-state index in [2.05, 4.69) is 5.32 Å². The summed E-state index contributed by atoms with van der Waals surface area (Å²) in [6.07, 6.45) is 1.14. The van der Waals surface area contributed by atoms with E-state index in [-0.39, 0.29) is 16.9 Å². The van der Waals surface area contributed by atoms with E-state index in [1.807, 2.05) is 27.7 Å². The van der Waals surface area contributed by atoms with Crippen LogP contribution in [0.4, 0.5) is 11.4 Å². The summed E-state index contributed by atoms with van der Waals surface area (Å²) in [6, 6.07) is 6.49. The maximum absolute atomic E-state index is 11.5. The van der Waals surface area contributed by atoms with Gasteiger partial charge in [0.15, 0.2) is 0 Å². The third-order valence-corrected chi connectivity index (χ3v) is 4.66. The lowest BCUT2D eigenvalue weighted by molar-refractivity contribution is -0.383. The van der Waals surface area contributed by atoms with Gasteiger partial charge in [0.05, 0.1) is 16.1 Å². The van der Waals surface area contributed by atoms with Crippen LogP contribution >= 0.6 is 0 Å². The van der Waals surface area contributed by atoms with E-state index in [0.717, 1.165) is 6.20 Å². The topological polar surface area (TPSA) is 121 Å². The summed E-state index contributed by atoms with van der Waals surface area (Å²) in [5.41, 5.74) is -0.199. The molecule has 0 amide bonds. The van der Waals surface area contributed by atoms with Gasteiger partial charge in [-0.05, 0) is 45.6 Å². The number of aryl methyl sites for hydroxylation is 1. The predicted molar refractivity (Wildman–Crippen MR) is 96.5 cm³/mol. The highest BCUT2D eigenvalue weighted by Gasteiger charge is 2.52. The Morgan fingerprint density at radius 1 is 1.23 bits per heavy atom. The highest BCUT2D eigenvalue weighted by molar-refractivity contribution is 6.62. The fourth-order valence-corrected chi connectivity index (χ4v) is 2.48. The highest BCUT2D eigenvalue weighted by atomic mass is 16.7. The minimum Gasteiger partial charge on any atom is -0.399 e. The largest absolute Gasteiger partial charge is 0.495 e. The number of nitriles is 2. The predicted octanol–water partition coefficient (Wildman–Crippen LogP) is 2.55. The monoisotopic (exact) mass is 354 g/mol. The van der Waals surface area contributed by atoms with Crippen molar-refractivity contribution in [3.63, 3.8) is 0 Å². The molecule has 0 unspecified atom stereocenters. The summed E-state index contributed by atoms with van der Waals surface area (Å²) in [6.45, 7) is 9.30. The van der Waals surface area contributed by atoms with Gasteiger partial charge in [0.25, 0.3) is 5.69 Å². The van der Waals surface area contributed by atoms with Gasteiger partial charge in [-0.2, -0.15) is 10.5 Å². The summed E-state index contributed by atoms with van der Waals surface area (Å²) in [7, 11) is -0.726. The van der Waals surface area contributed by atoms with E-state index in [1.165, 1.54) is 6.07 Å². The third-order valence-electron chi connectivity index (χ3n) is 4.66. The quantitative estimate of drug-likeness (QED) is 0.382. The van der Waals surface area contributed by atoms with Crippen LogP contribution in [0, 0.1) is 39.7 Å². The van der Waals surface area contributed by atoms with Crippen molar-refractivity contribution in [3.8, 4) is 12.1 Å². The first-order valence-corrected chi connectivity index (χ1v) is 7.94. The Bertz CT molecular complexity index is 833. The molecule has 9 heteroatoms. The van der Waals surface area contributed by atoms with Crippen molar-refractivity contribution >= 4 is 24.0 Å². The van der Waals surface area contributed by atoms with Gasteiger partial charge >= 0.3 is 7.12 Å². The molecular formula is C17H19BN4O4. The van der Waals surface area contributed by atoms with Crippen molar-refractivity contribution in [1.82, 2.24) is 0 Å². The van der Waals surface area contributed by atoms with Crippen LogP contribution in [-0.2, 0) is 9.31 Å². The van der Waals surface area contributed by atoms with Crippen LogP contribution in [0.1, 0.15) is 33.3 Å². The van der Waals surface area contributed by atoms with E-state index in [0.29, 0.717) is 11.0 Å². The molecular weight excluding hydrogens is 335 g/mol. The molecule has 8 nitrogen and oxygen atoms in total. The zero-order valence-corrected chi connectivity index (χ0v) is 15.3. The van der Waals surface area contributed by atoms with E-state index >= 15 is 0 Å². The molecule has 26 heavy (non-hydrogen) atoms. The molecule has 0 saturated carbocycles. The zero-order chi connectivity index (χ0) is 19.7. The van der Waals surface area contributed by atoms with Crippen molar-refractivity contribution in [1.29, 1.82) is 10.5 Å². The smallest absolute Gasteiger partial charge is 0.399 e. The molecule has 0 aliphatic carbocycles. The van der Waals surface area contributed by atoms with E-state index in [9.17, 15) is 10.1 Å². The van der Waals surface area contributed by atoms with Crippen molar-refractivity contribution < 1.29 is 14.2 Å². The average Bonchev–Trinajstić information content (AvgIpc) is 2.77. The van der Waals surface area contributed by atoms with Crippen LogP contribution < -0.4 is 10.8 Å². The maximum Gasteiger partial charge on any atom is 0.495 e. The minimum absolute atomic E-state index is 0.186. The van der Waals surface area contributed by atoms with Gasteiger partial charge in [-0.25, -0.2) is 0 Å². The molecule has 1 N–H and O–H groups in total. The van der Waals surface area contributed by atoms with Crippen LogP contribution in [0.25, 0.3) is 0 Å². The van der Waals surface area contributed by atoms with Gasteiger partial charge in [0, 0.05) is 12.3 Å². The Kier molecular flexibility index (Phi) is 5.08. The number of nitro groups is 1. The van der Waals surface area contributed by atoms with Gasteiger partial charge in [0.2, 0.25) is 0 Å². The van der Waals surface area contributed by atoms with Crippen LogP contribution in [0.2, 0.25) is 0 Å². The maximum atomic E-state index is 11.5. The Balaban J connectivity index is 2.45. The molecule has 1 saturated heterocycles. The molecule has 0 atom stereocenters. The number of hydrogen-bond acceptors (Lipinski definition) is 7. The zero-order valence-electron chi connectivity index (χ0n) is 15.3. The fourth-order valence-electron chi connectivity index (χ4n) is 2.48. The van der Waals surface area contributed by atoms with E-state index < -0.39 is 23.2 Å². The molecule has 1 fully saturated rings. The molecule has 134 valence electrons. The summed E-state index contributed by atoms with van der Waals surface area (Å²) in [5, 5.41) is 31.8. The number of hydrogen-bond donors (Lipinski definition) is 1. The Labute approximate surface area is 152 Å². The third kappa shape index (κ3) is 3.55. The Morgan fingerprint density at radius 2 is 1.77 bits per heavy atom. The van der Waals surface area contributed by atoms with Crippen molar-refractivity contribution in [2.24, 2.45) is 0 Å². The number of nitro benzene ring substituents is 1. The van der Waals surface area contributed by atoms with E-state index in [1.54, 1.807) is 25.1 Å². The van der Waals surface area contributed by atoms with Gasteiger partial charge < -0.3 is 14.6 Å². The number of anilines is 1. The van der Waals surface area contributed by atoms with Gasteiger partial charge in [-0.15, -0.1) is 0 Å². The number of nitrogens with one attached hydrogen (secondary N) is 1. The molecule has 1 aliphatic rings. The SMILES string of the molecule is Cc1cc(B2OC(C)(C)C(C)(C)O2)cc([N+](=O)[O-])c1NC=C(C#N)C#N. The Hall–Kier alpha value is -2.88. The molecule has 1 aromatic carbocycles. The number of benzene rings is 1. The van der Waals surface area contributed by atoms with Crippen LogP contribution in [0.5, 0.6) is 0 Å². The molecule has 0 spiro atoms. The summed E-state index contributed by atoms with van der Waals surface area (Å²) in [4.78, 5) is 11.0. The van der Waals surface area contributed by atoms with Crippen LogP contribution in [0.3, 0.4) is 0 Å². The molecule has 1 aliphatic heterocycles. The number of nitrogens with zero attached hydrogens (tertiary/aromatic N) is 3. The van der Waals surface area contributed by atoms with Gasteiger partial charge in [-0.1, -0.05) is 6.07 Å². The Morgan fingerprint density at radius 3 is 2.23 bits per heavy atom. The van der Waals surface area contributed by atoms with Crippen molar-refractivity contribution in [2.45, 2.75) is 45.8 Å². The van der Waals surface area contributed by atoms with Gasteiger partial charge in [-0.3, -0.25) is 10.1 Å². The normalized spacial score (nSPS) is 17.1. The highest BCUT2D eigenvalue weighted by Crippen LogP contribution is 2.37. The molecule has 0 aromatic heterocycles. The lowest BCUT2D eigenvalue weighted by atomic mass is 9.78. The summed E-state index contributed by atoms with van der Waals surface area (Å²) < 4.78 is 11.9. The molecule has 0 bridgehead atoms. The summed E-state index contributed by atoms with van der Waals surface area (Å²) >= 11 is 0. The fraction of sp³-hybridized carbons (Fsp3) is 0.412. The lowest BCUT2D eigenvalue weighted by Gasteiger charge is -2.32. The van der Waals surface area contributed by atoms with Crippen LogP contribution in [0.15, 0.2) is 23.9 Å². The standard InChI is InChI=1S/C17H19BN4O4/c1-11-6-13(18-25-16(2,3)17(4,5)26-18)7-14(22(23)24)15(11)21-10-12(8-19)9-20/h6-7,10,21H,1-5H3. The number of rotatable bonds is 4. The second-order valence-electron chi connectivity index (χ2n) is 7.00. The van der Waals surface area contributed by atoms with Gasteiger partial charge in [0.1, 0.15) is 23.4 Å². The first kappa shape index (κ1) is 19.4. The number of allylic oxidation sites excluding steroid dienone is 1. The average molecular weight is 354 g/mol. The van der Waals surface area contributed by atoms with Crippen molar-refractivity contribution in [3.05, 3.63) is 39.6 Å². The minimum atomic E-state index is -0.726. The second kappa shape index (κ2) is 6.79. The summed E-state index contributed by atoms with van der Waals surface area (Å²) in [5.74, 6) is 0. The first-order chi connectivity index (χ1) is 12.0. The molecule has 2 rings (SSSR count). The second-order valence-corrected chi connectivity index (χ2v) is 7.00. The molecule has 1 aromatic rings.